The van der Waals surface area contributed by atoms with E-state index in [4.69, 9.17) is 16.7 Å². The number of hydrogen-bond acceptors (Lipinski definition) is 3. The first-order valence-electron chi connectivity index (χ1n) is 8.42. The van der Waals surface area contributed by atoms with Crippen LogP contribution in [0, 0.1) is 0 Å². The normalized spacial score (nSPS) is 11.1. The van der Waals surface area contributed by atoms with E-state index >= 15 is 0 Å². The van der Waals surface area contributed by atoms with Crippen LogP contribution in [-0.2, 0) is 17.6 Å². The second-order valence-corrected chi connectivity index (χ2v) is 6.42. The molecule has 0 fully saturated rings. The van der Waals surface area contributed by atoms with Crippen LogP contribution in [0.4, 0.5) is 0 Å². The lowest BCUT2D eigenvalue weighted by atomic mass is 10.1. The van der Waals surface area contributed by atoms with Crippen molar-refractivity contribution in [3.63, 3.8) is 0 Å². The molecule has 0 spiro atoms. The number of aromatic nitrogens is 3. The van der Waals surface area contributed by atoms with E-state index in [-0.39, 0.29) is 6.42 Å². The Balaban J connectivity index is 1.82. The lowest BCUT2D eigenvalue weighted by Gasteiger charge is -2.09. The molecule has 0 aliphatic rings. The number of hydrogen-bond donors (Lipinski definition) is 1. The summed E-state index contributed by atoms with van der Waals surface area (Å²) in [6.07, 6.45) is 5.12. The summed E-state index contributed by atoms with van der Waals surface area (Å²) in [6, 6.07) is 10.1. The molecule has 0 radical (unpaired) electrons. The molecule has 0 atom stereocenters. The Labute approximate surface area is 151 Å². The molecule has 0 saturated heterocycles. The highest BCUT2D eigenvalue weighted by molar-refractivity contribution is 6.31. The number of rotatable bonds is 7. The van der Waals surface area contributed by atoms with Crippen LogP contribution in [0.3, 0.4) is 0 Å². The van der Waals surface area contributed by atoms with Gasteiger partial charge in [-0.05, 0) is 43.0 Å². The Morgan fingerprint density at radius 3 is 2.68 bits per heavy atom. The molecule has 3 rings (SSSR count). The smallest absolute Gasteiger partial charge is 0.303 e. The molecule has 3 aromatic rings. The number of halogens is 1. The highest BCUT2D eigenvalue weighted by Crippen LogP contribution is 2.23. The number of imidazole rings is 1. The number of unbranched alkanes of at least 4 members (excludes halogenated alkanes) is 1. The molecule has 0 aliphatic heterocycles. The molecule has 130 valence electrons. The molecule has 1 aromatic carbocycles. The van der Waals surface area contributed by atoms with Crippen molar-refractivity contribution in [1.82, 2.24) is 14.5 Å². The van der Waals surface area contributed by atoms with Gasteiger partial charge in [-0.2, -0.15) is 0 Å². The minimum Gasteiger partial charge on any atom is -0.481 e. The second-order valence-electron chi connectivity index (χ2n) is 5.98. The number of pyridine rings is 1. The molecule has 6 heteroatoms. The van der Waals surface area contributed by atoms with Crippen LogP contribution in [0.5, 0.6) is 0 Å². The maximum Gasteiger partial charge on any atom is 0.303 e. The summed E-state index contributed by atoms with van der Waals surface area (Å²) < 4.78 is 2.06. The zero-order valence-corrected chi connectivity index (χ0v) is 14.8. The summed E-state index contributed by atoms with van der Waals surface area (Å²) in [6.45, 7) is 2.07. The van der Waals surface area contributed by atoms with Crippen LogP contribution in [0.2, 0.25) is 5.02 Å². The molecule has 5 nitrogen and oxygen atoms in total. The quantitative estimate of drug-likeness (QED) is 0.635. The van der Waals surface area contributed by atoms with Gasteiger partial charge >= 0.3 is 5.97 Å². The van der Waals surface area contributed by atoms with Gasteiger partial charge in [-0.3, -0.25) is 9.36 Å². The van der Waals surface area contributed by atoms with E-state index in [9.17, 15) is 4.79 Å². The highest BCUT2D eigenvalue weighted by Gasteiger charge is 2.12. The van der Waals surface area contributed by atoms with Crippen LogP contribution in [0.1, 0.15) is 37.6 Å². The topological polar surface area (TPSA) is 68.0 Å². The van der Waals surface area contributed by atoms with Crippen molar-refractivity contribution >= 4 is 28.7 Å². The third-order valence-corrected chi connectivity index (χ3v) is 4.36. The first-order chi connectivity index (χ1) is 12.1. The number of carboxylic acids is 1. The molecule has 2 aromatic heterocycles. The van der Waals surface area contributed by atoms with E-state index < -0.39 is 5.97 Å². The van der Waals surface area contributed by atoms with Gasteiger partial charge in [0.1, 0.15) is 11.3 Å². The summed E-state index contributed by atoms with van der Waals surface area (Å²) in [5.74, 6) is 0.209. The van der Waals surface area contributed by atoms with Crippen molar-refractivity contribution in [3.8, 4) is 5.69 Å². The van der Waals surface area contributed by atoms with Gasteiger partial charge in [-0.15, -0.1) is 0 Å². The summed E-state index contributed by atoms with van der Waals surface area (Å²) in [5.41, 5.74) is 3.81. The Kier molecular flexibility index (Phi) is 5.34. The molecule has 0 aliphatic carbocycles. The Morgan fingerprint density at radius 1 is 1.24 bits per heavy atom. The zero-order valence-electron chi connectivity index (χ0n) is 14.1. The summed E-state index contributed by atoms with van der Waals surface area (Å²) in [7, 11) is 0. The second kappa shape index (κ2) is 7.66. The third-order valence-electron chi connectivity index (χ3n) is 4.15. The first-order valence-corrected chi connectivity index (χ1v) is 8.80. The van der Waals surface area contributed by atoms with Crippen molar-refractivity contribution in [3.05, 3.63) is 52.9 Å². The number of fused-ring (bicyclic) bond motifs is 1. The average Bonchev–Trinajstić information content (AvgIpc) is 2.96. The molecule has 1 N–H and O–H groups in total. The Bertz CT molecular complexity index is 888. The van der Waals surface area contributed by atoms with Crippen LogP contribution < -0.4 is 0 Å². The number of carbonyl (C=O) groups is 1. The van der Waals surface area contributed by atoms with E-state index in [2.05, 4.69) is 45.7 Å². The van der Waals surface area contributed by atoms with Gasteiger partial charge in [0.2, 0.25) is 0 Å². The predicted molar refractivity (Wildman–Crippen MR) is 98.4 cm³/mol. The number of aryl methyl sites for hydroxylation is 2. The molecule has 25 heavy (non-hydrogen) atoms. The monoisotopic (exact) mass is 357 g/mol. The summed E-state index contributed by atoms with van der Waals surface area (Å²) in [4.78, 5) is 19.6. The minimum atomic E-state index is -0.734. The van der Waals surface area contributed by atoms with Crippen molar-refractivity contribution < 1.29 is 9.90 Å². The van der Waals surface area contributed by atoms with Gasteiger partial charge < -0.3 is 5.11 Å². The fourth-order valence-electron chi connectivity index (χ4n) is 2.91. The van der Waals surface area contributed by atoms with Gasteiger partial charge in [0.25, 0.3) is 0 Å². The van der Waals surface area contributed by atoms with Crippen molar-refractivity contribution in [2.45, 2.75) is 39.0 Å². The van der Waals surface area contributed by atoms with Crippen LogP contribution in [-0.4, -0.2) is 25.6 Å². The molecule has 0 amide bonds. The molecular formula is C19H20ClN3O2. The van der Waals surface area contributed by atoms with Gasteiger partial charge in [-0.25, -0.2) is 9.97 Å². The fraction of sp³-hybridized carbons (Fsp3) is 0.316. The van der Waals surface area contributed by atoms with Gasteiger partial charge in [0, 0.05) is 24.7 Å². The molecule has 0 saturated carbocycles. The summed E-state index contributed by atoms with van der Waals surface area (Å²) >= 11 is 6.02. The standard InChI is InChI=1S/C19H20ClN3O2/c1-2-17-22-16-11-14(20)12-21-19(16)23(17)15-9-7-13(8-10-15)5-3-4-6-18(24)25/h7-12H,2-6H2,1H3,(H,24,25). The van der Waals surface area contributed by atoms with Crippen molar-refractivity contribution in [1.29, 1.82) is 0 Å². The SMILES string of the molecule is CCc1nc2cc(Cl)cnc2n1-c1ccc(CCCCC(=O)O)cc1. The third kappa shape index (κ3) is 3.99. The van der Waals surface area contributed by atoms with Crippen LogP contribution in [0.15, 0.2) is 36.5 Å². The largest absolute Gasteiger partial charge is 0.481 e. The lowest BCUT2D eigenvalue weighted by molar-refractivity contribution is -0.137. The molecule has 0 bridgehead atoms. The zero-order chi connectivity index (χ0) is 17.8. The van der Waals surface area contributed by atoms with E-state index in [0.29, 0.717) is 11.4 Å². The van der Waals surface area contributed by atoms with Crippen LogP contribution in [0.25, 0.3) is 16.9 Å². The van der Waals surface area contributed by atoms with E-state index in [1.54, 1.807) is 6.20 Å². The number of carboxylic acid groups (broad SMARTS) is 1. The van der Waals surface area contributed by atoms with Gasteiger partial charge in [-0.1, -0.05) is 30.7 Å². The predicted octanol–water partition coefficient (Wildman–Crippen LogP) is 4.43. The first kappa shape index (κ1) is 17.4. The van der Waals surface area contributed by atoms with Crippen molar-refractivity contribution in [2.24, 2.45) is 0 Å². The van der Waals surface area contributed by atoms with Gasteiger partial charge in [0.15, 0.2) is 5.65 Å². The van der Waals surface area contributed by atoms with Crippen molar-refractivity contribution in [2.75, 3.05) is 0 Å². The molecule has 2 heterocycles. The van der Waals surface area contributed by atoms with E-state index in [1.807, 2.05) is 6.07 Å². The minimum absolute atomic E-state index is 0.229. The number of nitrogens with zero attached hydrogens (tertiary/aromatic N) is 3. The lowest BCUT2D eigenvalue weighted by Crippen LogP contribution is -2.01. The maximum atomic E-state index is 10.6. The van der Waals surface area contributed by atoms with E-state index in [1.165, 1.54) is 5.56 Å². The van der Waals surface area contributed by atoms with Gasteiger partial charge in [0.05, 0.1) is 5.02 Å². The highest BCUT2D eigenvalue weighted by atomic mass is 35.5. The average molecular weight is 358 g/mol. The fourth-order valence-corrected chi connectivity index (χ4v) is 3.06. The Hall–Kier alpha value is -2.40. The number of aliphatic carboxylic acids is 1. The summed E-state index contributed by atoms with van der Waals surface area (Å²) in [5, 5.41) is 9.26. The Morgan fingerprint density at radius 2 is 2.00 bits per heavy atom. The van der Waals surface area contributed by atoms with Crippen LogP contribution >= 0.6 is 11.6 Å². The van der Waals surface area contributed by atoms with E-state index in [0.717, 1.165) is 41.9 Å². The maximum absolute atomic E-state index is 10.6. The molecular weight excluding hydrogens is 338 g/mol. The number of benzene rings is 1. The molecule has 0 unspecified atom stereocenters.